The third-order valence-corrected chi connectivity index (χ3v) is 5.43. The minimum Gasteiger partial charge on any atom is -0.435 e. The van der Waals surface area contributed by atoms with E-state index in [1.54, 1.807) is 20.8 Å². The Labute approximate surface area is 188 Å². The van der Waals surface area contributed by atoms with Gasteiger partial charge in [0.2, 0.25) is 0 Å². The van der Waals surface area contributed by atoms with Crippen LogP contribution < -0.4 is 15.7 Å². The summed E-state index contributed by atoms with van der Waals surface area (Å²) in [5.74, 6) is -1.78. The third kappa shape index (κ3) is 4.90. The molecule has 10 heteroatoms. The number of aliphatic hydroxyl groups is 1. The van der Waals surface area contributed by atoms with Crippen molar-refractivity contribution in [1.29, 1.82) is 0 Å². The lowest BCUT2D eigenvalue weighted by atomic mass is 10.0. The van der Waals surface area contributed by atoms with Crippen LogP contribution in [0.15, 0.2) is 41.2 Å². The van der Waals surface area contributed by atoms with Crippen molar-refractivity contribution in [3.63, 3.8) is 0 Å². The molecule has 0 spiro atoms. The zero-order chi connectivity index (χ0) is 24.7. The average molecular weight is 465 g/mol. The number of nitrogens with zero attached hydrogens (tertiary/aromatic N) is 2. The molecule has 1 unspecified atom stereocenters. The first-order valence-corrected chi connectivity index (χ1v) is 10.4. The van der Waals surface area contributed by atoms with E-state index in [0.717, 1.165) is 6.07 Å². The molecule has 33 heavy (non-hydrogen) atoms. The topological polar surface area (TPSA) is 85.5 Å². The van der Waals surface area contributed by atoms with E-state index in [0.29, 0.717) is 0 Å². The van der Waals surface area contributed by atoms with Gasteiger partial charge in [0.1, 0.15) is 11.6 Å². The Kier molecular flexibility index (Phi) is 6.60. The SMILES string of the molecule is CC(C)n1c(=O)n(-c2cccc(OC(F)F)c2)c2cc(F)c(C(=O)NC(C)C(C)(C)O)cc21. The number of nitrogens with one attached hydrogen (secondary N) is 1. The van der Waals surface area contributed by atoms with Crippen molar-refractivity contribution in [1.82, 2.24) is 14.5 Å². The number of benzene rings is 2. The molecule has 0 radical (unpaired) electrons. The molecular formula is C23H26F3N3O4. The van der Waals surface area contributed by atoms with Gasteiger partial charge >= 0.3 is 12.3 Å². The first kappa shape index (κ1) is 24.4. The fourth-order valence-electron chi connectivity index (χ4n) is 3.41. The molecule has 1 heterocycles. The number of carbonyl (C=O) groups is 1. The Morgan fingerprint density at radius 3 is 2.36 bits per heavy atom. The minimum atomic E-state index is -3.04. The smallest absolute Gasteiger partial charge is 0.387 e. The summed E-state index contributed by atoms with van der Waals surface area (Å²) in [6.07, 6.45) is 0. The highest BCUT2D eigenvalue weighted by atomic mass is 19.3. The highest BCUT2D eigenvalue weighted by Crippen LogP contribution is 2.26. The maximum Gasteiger partial charge on any atom is 0.387 e. The number of carbonyl (C=O) groups excluding carboxylic acids is 1. The van der Waals surface area contributed by atoms with Gasteiger partial charge in [-0.3, -0.25) is 13.9 Å². The van der Waals surface area contributed by atoms with E-state index in [1.165, 1.54) is 53.3 Å². The van der Waals surface area contributed by atoms with E-state index in [1.807, 2.05) is 0 Å². The largest absolute Gasteiger partial charge is 0.435 e. The first-order valence-electron chi connectivity index (χ1n) is 10.4. The van der Waals surface area contributed by atoms with Gasteiger partial charge in [0.05, 0.1) is 33.9 Å². The van der Waals surface area contributed by atoms with Crippen LogP contribution in [0.2, 0.25) is 0 Å². The van der Waals surface area contributed by atoms with E-state index in [4.69, 9.17) is 0 Å². The number of imidazole rings is 1. The first-order chi connectivity index (χ1) is 15.3. The Morgan fingerprint density at radius 1 is 1.12 bits per heavy atom. The van der Waals surface area contributed by atoms with Gasteiger partial charge in [0.15, 0.2) is 0 Å². The Bertz CT molecular complexity index is 1240. The number of fused-ring (bicyclic) bond motifs is 1. The van der Waals surface area contributed by atoms with E-state index < -0.39 is 35.7 Å². The highest BCUT2D eigenvalue weighted by molar-refractivity contribution is 5.98. The third-order valence-electron chi connectivity index (χ3n) is 5.43. The van der Waals surface area contributed by atoms with Crippen molar-refractivity contribution in [2.75, 3.05) is 0 Å². The molecule has 0 aliphatic rings. The molecule has 1 atom stereocenters. The predicted octanol–water partition coefficient (Wildman–Crippen LogP) is 4.00. The Morgan fingerprint density at radius 2 is 1.79 bits per heavy atom. The lowest BCUT2D eigenvalue weighted by molar-refractivity contribution is -0.0498. The molecule has 2 aromatic carbocycles. The summed E-state index contributed by atoms with van der Waals surface area (Å²) >= 11 is 0. The van der Waals surface area contributed by atoms with Crippen molar-refractivity contribution in [3.05, 3.63) is 58.3 Å². The summed E-state index contributed by atoms with van der Waals surface area (Å²) in [5.41, 5.74) is -1.40. The molecule has 2 N–H and O–H groups in total. The molecule has 0 bridgehead atoms. The number of amides is 1. The van der Waals surface area contributed by atoms with Gasteiger partial charge in [-0.2, -0.15) is 8.78 Å². The van der Waals surface area contributed by atoms with Crippen LogP contribution in [0, 0.1) is 5.82 Å². The standard InChI is InChI=1S/C23H26F3N3O4/c1-12(2)28-18-10-16(20(30)27-13(3)23(4,5)32)17(24)11-19(18)29(22(28)31)14-7-6-8-15(9-14)33-21(25)26/h6-13,21,32H,1-5H3,(H,27,30). The van der Waals surface area contributed by atoms with Crippen LogP contribution in [0.3, 0.4) is 0 Å². The van der Waals surface area contributed by atoms with Gasteiger partial charge in [-0.05, 0) is 52.8 Å². The molecule has 3 aromatic rings. The average Bonchev–Trinajstić information content (AvgIpc) is 2.97. The second kappa shape index (κ2) is 8.93. The Hall–Kier alpha value is -3.27. The molecule has 0 saturated carbocycles. The molecule has 1 aromatic heterocycles. The van der Waals surface area contributed by atoms with Gasteiger partial charge in [0, 0.05) is 18.2 Å². The van der Waals surface area contributed by atoms with Crippen LogP contribution in [0.4, 0.5) is 13.2 Å². The lowest BCUT2D eigenvalue weighted by Gasteiger charge is -2.26. The monoisotopic (exact) mass is 465 g/mol. The lowest BCUT2D eigenvalue weighted by Crippen LogP contribution is -2.47. The second-order valence-electron chi connectivity index (χ2n) is 8.63. The van der Waals surface area contributed by atoms with Crippen LogP contribution >= 0.6 is 0 Å². The maximum absolute atomic E-state index is 15.0. The summed E-state index contributed by atoms with van der Waals surface area (Å²) < 4.78 is 47.3. The van der Waals surface area contributed by atoms with Gasteiger partial charge in [0.25, 0.3) is 5.91 Å². The van der Waals surface area contributed by atoms with Crippen molar-refractivity contribution < 1.29 is 27.8 Å². The molecule has 0 fully saturated rings. The van der Waals surface area contributed by atoms with Crippen LogP contribution in [0.25, 0.3) is 16.7 Å². The molecule has 0 saturated heterocycles. The second-order valence-corrected chi connectivity index (χ2v) is 8.63. The van der Waals surface area contributed by atoms with E-state index in [2.05, 4.69) is 10.1 Å². The summed E-state index contributed by atoms with van der Waals surface area (Å²) in [5, 5.41) is 12.6. The highest BCUT2D eigenvalue weighted by Gasteiger charge is 2.27. The number of halogens is 3. The number of hydrogen-bond donors (Lipinski definition) is 2. The summed E-state index contributed by atoms with van der Waals surface area (Å²) in [6, 6.07) is 6.82. The van der Waals surface area contributed by atoms with Gasteiger partial charge < -0.3 is 15.2 Å². The fourth-order valence-corrected chi connectivity index (χ4v) is 3.41. The van der Waals surface area contributed by atoms with Gasteiger partial charge in [-0.1, -0.05) is 6.07 Å². The predicted molar refractivity (Wildman–Crippen MR) is 118 cm³/mol. The van der Waals surface area contributed by atoms with E-state index >= 15 is 4.39 Å². The van der Waals surface area contributed by atoms with E-state index in [-0.39, 0.29) is 34.1 Å². The fraction of sp³-hybridized carbons (Fsp3) is 0.391. The minimum absolute atomic E-state index is 0.156. The molecule has 7 nitrogen and oxygen atoms in total. The van der Waals surface area contributed by atoms with Gasteiger partial charge in [-0.25, -0.2) is 9.18 Å². The molecular weight excluding hydrogens is 439 g/mol. The van der Waals surface area contributed by atoms with Crippen LogP contribution in [-0.2, 0) is 0 Å². The van der Waals surface area contributed by atoms with Crippen LogP contribution in [-0.4, -0.2) is 38.4 Å². The number of ether oxygens (including phenoxy) is 1. The summed E-state index contributed by atoms with van der Waals surface area (Å²) in [7, 11) is 0. The van der Waals surface area contributed by atoms with Crippen molar-refractivity contribution in [2.24, 2.45) is 0 Å². The summed E-state index contributed by atoms with van der Waals surface area (Å²) in [6.45, 7) is 5.07. The quantitative estimate of drug-likeness (QED) is 0.552. The number of aromatic nitrogens is 2. The van der Waals surface area contributed by atoms with Crippen LogP contribution in [0.1, 0.15) is 51.0 Å². The number of rotatable bonds is 7. The Balaban J connectivity index is 2.19. The maximum atomic E-state index is 15.0. The molecule has 1 amide bonds. The van der Waals surface area contributed by atoms with E-state index in [9.17, 15) is 23.5 Å². The zero-order valence-corrected chi connectivity index (χ0v) is 18.9. The summed E-state index contributed by atoms with van der Waals surface area (Å²) in [4.78, 5) is 26.0. The zero-order valence-electron chi connectivity index (χ0n) is 18.9. The normalized spacial score (nSPS) is 13.1. The molecule has 178 valence electrons. The van der Waals surface area contributed by atoms with Crippen molar-refractivity contribution >= 4 is 16.9 Å². The molecule has 0 aliphatic heterocycles. The van der Waals surface area contributed by atoms with Crippen LogP contribution in [0.5, 0.6) is 5.75 Å². The van der Waals surface area contributed by atoms with Gasteiger partial charge in [-0.15, -0.1) is 0 Å². The van der Waals surface area contributed by atoms with Crippen molar-refractivity contribution in [3.8, 4) is 11.4 Å². The number of hydrogen-bond acceptors (Lipinski definition) is 4. The molecule has 0 aliphatic carbocycles. The molecule has 3 rings (SSSR count). The number of alkyl halides is 2. The van der Waals surface area contributed by atoms with Crippen molar-refractivity contribution in [2.45, 2.75) is 58.9 Å².